The van der Waals surface area contributed by atoms with Crippen molar-refractivity contribution in [1.82, 2.24) is 4.90 Å². The summed E-state index contributed by atoms with van der Waals surface area (Å²) in [6, 6.07) is 0. The second-order valence-corrected chi connectivity index (χ2v) is 5.18. The number of hydrogen-bond acceptors (Lipinski definition) is 1. The number of halogens is 1. The molecule has 0 aromatic carbocycles. The van der Waals surface area contributed by atoms with Crippen LogP contribution in [-0.2, 0) is 4.79 Å². The lowest BCUT2D eigenvalue weighted by Gasteiger charge is -2.16. The van der Waals surface area contributed by atoms with E-state index in [1.165, 1.54) is 25.7 Å². The highest BCUT2D eigenvalue weighted by Gasteiger charge is 2.27. The van der Waals surface area contributed by atoms with Gasteiger partial charge in [-0.1, -0.05) is 26.2 Å². The van der Waals surface area contributed by atoms with Crippen LogP contribution in [0.25, 0.3) is 0 Å². The molecule has 0 N–H and O–H groups in total. The molecule has 1 rings (SSSR count). The highest BCUT2D eigenvalue weighted by Crippen LogP contribution is 2.22. The van der Waals surface area contributed by atoms with Crippen LogP contribution in [0.5, 0.6) is 0 Å². The van der Waals surface area contributed by atoms with Crippen LogP contribution in [-0.4, -0.2) is 29.8 Å². The van der Waals surface area contributed by atoms with Crippen LogP contribution >= 0.6 is 11.6 Å². The Morgan fingerprint density at radius 3 is 2.75 bits per heavy atom. The van der Waals surface area contributed by atoms with Gasteiger partial charge in [0.15, 0.2) is 0 Å². The molecule has 3 heteroatoms. The predicted molar refractivity (Wildman–Crippen MR) is 68.8 cm³/mol. The first kappa shape index (κ1) is 13.8. The molecule has 1 aliphatic heterocycles. The number of alkyl halides is 1. The van der Waals surface area contributed by atoms with Gasteiger partial charge in [0.2, 0.25) is 5.91 Å². The van der Waals surface area contributed by atoms with Crippen LogP contribution in [0, 0.1) is 5.92 Å². The number of hydrogen-bond donors (Lipinski definition) is 0. The molecular weight excluding hydrogens is 222 g/mol. The molecule has 0 saturated carbocycles. The monoisotopic (exact) mass is 245 g/mol. The smallest absolute Gasteiger partial charge is 0.222 e. The largest absolute Gasteiger partial charge is 0.342 e. The van der Waals surface area contributed by atoms with E-state index in [-0.39, 0.29) is 0 Å². The van der Waals surface area contributed by atoms with E-state index in [0.717, 1.165) is 38.2 Å². The van der Waals surface area contributed by atoms with Crippen molar-refractivity contribution in [3.8, 4) is 0 Å². The third-order valence-corrected chi connectivity index (χ3v) is 3.57. The minimum Gasteiger partial charge on any atom is -0.342 e. The number of amides is 1. The maximum absolute atomic E-state index is 11.7. The average Bonchev–Trinajstić information content (AvgIpc) is 2.60. The van der Waals surface area contributed by atoms with Crippen molar-refractivity contribution in [1.29, 1.82) is 0 Å². The van der Waals surface area contributed by atoms with E-state index < -0.39 is 0 Å². The van der Waals surface area contributed by atoms with Gasteiger partial charge in [0.25, 0.3) is 0 Å². The fourth-order valence-corrected chi connectivity index (χ4v) is 2.61. The third kappa shape index (κ3) is 4.73. The molecule has 0 spiro atoms. The first-order valence-corrected chi connectivity index (χ1v) is 7.15. The van der Waals surface area contributed by atoms with Crippen LogP contribution in [0.1, 0.15) is 51.9 Å². The fourth-order valence-electron chi connectivity index (χ4n) is 2.42. The Morgan fingerprint density at radius 1 is 1.31 bits per heavy atom. The number of unbranched alkanes of at least 4 members (excludes halogenated alkanes) is 3. The summed E-state index contributed by atoms with van der Waals surface area (Å²) < 4.78 is 0. The second-order valence-electron chi connectivity index (χ2n) is 4.80. The minimum atomic E-state index is 0.371. The molecule has 0 aliphatic carbocycles. The van der Waals surface area contributed by atoms with Crippen LogP contribution in [0.15, 0.2) is 0 Å². The molecular formula is C13H24ClNO. The van der Waals surface area contributed by atoms with Gasteiger partial charge in [-0.15, -0.1) is 11.6 Å². The molecule has 0 bridgehead atoms. The molecule has 1 fully saturated rings. The molecule has 2 nitrogen and oxygen atoms in total. The summed E-state index contributed by atoms with van der Waals surface area (Å²) in [4.78, 5) is 13.7. The van der Waals surface area contributed by atoms with E-state index in [1.54, 1.807) is 0 Å². The molecule has 1 unspecified atom stereocenters. The SMILES string of the molecule is CCCC1CC(=O)N(CCCCCCCl)C1. The molecule has 0 radical (unpaired) electrons. The van der Waals surface area contributed by atoms with Gasteiger partial charge >= 0.3 is 0 Å². The zero-order valence-corrected chi connectivity index (χ0v) is 11.1. The van der Waals surface area contributed by atoms with Crippen LogP contribution < -0.4 is 0 Å². The zero-order valence-electron chi connectivity index (χ0n) is 10.4. The summed E-state index contributed by atoms with van der Waals surface area (Å²) in [7, 11) is 0. The molecule has 0 aromatic heterocycles. The van der Waals surface area contributed by atoms with Crippen molar-refractivity contribution in [3.63, 3.8) is 0 Å². The van der Waals surface area contributed by atoms with E-state index in [1.807, 2.05) is 0 Å². The van der Waals surface area contributed by atoms with Crippen LogP contribution in [0.2, 0.25) is 0 Å². The molecule has 1 saturated heterocycles. The van der Waals surface area contributed by atoms with Gasteiger partial charge in [-0.25, -0.2) is 0 Å². The molecule has 1 heterocycles. The summed E-state index contributed by atoms with van der Waals surface area (Å²) >= 11 is 5.62. The van der Waals surface area contributed by atoms with E-state index in [9.17, 15) is 4.79 Å². The van der Waals surface area contributed by atoms with E-state index >= 15 is 0 Å². The maximum Gasteiger partial charge on any atom is 0.222 e. The van der Waals surface area contributed by atoms with Crippen molar-refractivity contribution >= 4 is 17.5 Å². The lowest BCUT2D eigenvalue weighted by molar-refractivity contribution is -0.127. The number of rotatable bonds is 8. The lowest BCUT2D eigenvalue weighted by Crippen LogP contribution is -2.26. The summed E-state index contributed by atoms with van der Waals surface area (Å²) in [5.74, 6) is 1.76. The fraction of sp³-hybridized carbons (Fsp3) is 0.923. The molecule has 1 amide bonds. The average molecular weight is 246 g/mol. The van der Waals surface area contributed by atoms with E-state index in [0.29, 0.717) is 11.8 Å². The van der Waals surface area contributed by atoms with Crippen LogP contribution in [0.4, 0.5) is 0 Å². The summed E-state index contributed by atoms with van der Waals surface area (Å²) in [6.45, 7) is 4.16. The summed E-state index contributed by atoms with van der Waals surface area (Å²) in [5.41, 5.74) is 0. The number of nitrogens with zero attached hydrogens (tertiary/aromatic N) is 1. The van der Waals surface area contributed by atoms with Gasteiger partial charge in [-0.2, -0.15) is 0 Å². The highest BCUT2D eigenvalue weighted by molar-refractivity contribution is 6.17. The van der Waals surface area contributed by atoms with Gasteiger partial charge in [0, 0.05) is 25.4 Å². The molecule has 1 aliphatic rings. The molecule has 0 aromatic rings. The lowest BCUT2D eigenvalue weighted by atomic mass is 10.0. The van der Waals surface area contributed by atoms with Gasteiger partial charge in [0.1, 0.15) is 0 Å². The molecule has 94 valence electrons. The number of carbonyl (C=O) groups excluding carboxylic acids is 1. The first-order chi connectivity index (χ1) is 7.77. The second kappa shape index (κ2) is 7.94. The number of carbonyl (C=O) groups is 1. The standard InChI is InChI=1S/C13H24ClNO/c1-2-7-12-10-13(16)15(11-12)9-6-4-3-5-8-14/h12H,2-11H2,1H3. The van der Waals surface area contributed by atoms with Crippen molar-refractivity contribution in [3.05, 3.63) is 0 Å². The Hall–Kier alpha value is -0.240. The van der Waals surface area contributed by atoms with Gasteiger partial charge in [-0.3, -0.25) is 4.79 Å². The van der Waals surface area contributed by atoms with E-state index in [4.69, 9.17) is 11.6 Å². The Kier molecular flexibility index (Phi) is 6.86. The first-order valence-electron chi connectivity index (χ1n) is 6.61. The Labute approximate surface area is 104 Å². The van der Waals surface area contributed by atoms with Gasteiger partial charge in [0.05, 0.1) is 0 Å². The van der Waals surface area contributed by atoms with Crippen LogP contribution in [0.3, 0.4) is 0 Å². The quantitative estimate of drug-likeness (QED) is 0.474. The number of likely N-dealkylation sites (tertiary alicyclic amines) is 1. The summed E-state index contributed by atoms with van der Waals surface area (Å²) in [6.07, 6.45) is 7.83. The summed E-state index contributed by atoms with van der Waals surface area (Å²) in [5, 5.41) is 0. The topological polar surface area (TPSA) is 20.3 Å². The van der Waals surface area contributed by atoms with Crippen molar-refractivity contribution in [2.24, 2.45) is 5.92 Å². The Morgan fingerprint density at radius 2 is 2.06 bits per heavy atom. The third-order valence-electron chi connectivity index (χ3n) is 3.30. The maximum atomic E-state index is 11.7. The van der Waals surface area contributed by atoms with E-state index in [2.05, 4.69) is 11.8 Å². The Balaban J connectivity index is 2.10. The molecule has 16 heavy (non-hydrogen) atoms. The zero-order chi connectivity index (χ0) is 11.8. The van der Waals surface area contributed by atoms with Crippen molar-refractivity contribution < 1.29 is 4.79 Å². The van der Waals surface area contributed by atoms with Crippen molar-refractivity contribution in [2.75, 3.05) is 19.0 Å². The normalized spacial score (nSPS) is 20.8. The molecule has 1 atom stereocenters. The van der Waals surface area contributed by atoms with Crippen molar-refractivity contribution in [2.45, 2.75) is 51.9 Å². The highest BCUT2D eigenvalue weighted by atomic mass is 35.5. The predicted octanol–water partition coefficient (Wildman–Crippen LogP) is 3.43. The van der Waals surface area contributed by atoms with Gasteiger partial charge < -0.3 is 4.90 Å². The Bertz CT molecular complexity index is 208. The minimum absolute atomic E-state index is 0.371. The van der Waals surface area contributed by atoms with Gasteiger partial charge in [-0.05, 0) is 25.2 Å².